The first-order valence-corrected chi connectivity index (χ1v) is 39.3. The highest BCUT2D eigenvalue weighted by molar-refractivity contribution is 7.47. The Hall–Kier alpha value is -1.94. The predicted molar refractivity (Wildman–Crippen MR) is 358 cm³/mol. The van der Waals surface area contributed by atoms with E-state index in [2.05, 4.69) is 55.4 Å². The van der Waals surface area contributed by atoms with E-state index in [1.165, 1.54) is 141 Å². The van der Waals surface area contributed by atoms with E-state index < -0.39 is 97.5 Å². The van der Waals surface area contributed by atoms with Gasteiger partial charge in [0, 0.05) is 25.7 Å². The molecule has 19 heteroatoms. The molecule has 0 fully saturated rings. The van der Waals surface area contributed by atoms with E-state index in [1.54, 1.807) is 0 Å². The molecule has 0 aliphatic rings. The van der Waals surface area contributed by atoms with Crippen LogP contribution in [0.25, 0.3) is 0 Å². The first-order valence-electron chi connectivity index (χ1n) is 36.3. The maximum atomic E-state index is 13.0. The minimum absolute atomic E-state index is 0.102. The van der Waals surface area contributed by atoms with Crippen molar-refractivity contribution in [2.24, 2.45) is 23.7 Å². The maximum absolute atomic E-state index is 13.0. The Balaban J connectivity index is 5.23. The van der Waals surface area contributed by atoms with E-state index in [0.29, 0.717) is 31.6 Å². The van der Waals surface area contributed by atoms with Gasteiger partial charge in [0.05, 0.1) is 26.4 Å². The molecule has 0 heterocycles. The van der Waals surface area contributed by atoms with Crippen molar-refractivity contribution in [3.8, 4) is 0 Å². The smallest absolute Gasteiger partial charge is 0.462 e. The monoisotopic (exact) mass is 1310 g/mol. The molecule has 0 aromatic carbocycles. The summed E-state index contributed by atoms with van der Waals surface area (Å²) >= 11 is 0. The van der Waals surface area contributed by atoms with Gasteiger partial charge in [0.25, 0.3) is 0 Å². The predicted octanol–water partition coefficient (Wildman–Crippen LogP) is 19.7. The van der Waals surface area contributed by atoms with Gasteiger partial charge < -0.3 is 33.8 Å². The van der Waals surface area contributed by atoms with Crippen molar-refractivity contribution in [2.75, 3.05) is 39.6 Å². The van der Waals surface area contributed by atoms with Crippen molar-refractivity contribution >= 4 is 39.5 Å². The summed E-state index contributed by atoms with van der Waals surface area (Å²) in [6.07, 6.45) is 41.8. The van der Waals surface area contributed by atoms with E-state index >= 15 is 0 Å². The summed E-state index contributed by atoms with van der Waals surface area (Å²) in [6, 6.07) is 0. The lowest BCUT2D eigenvalue weighted by atomic mass is 9.99. The number of carbonyl (C=O) groups excluding carboxylic acids is 4. The van der Waals surface area contributed by atoms with Gasteiger partial charge in [-0.15, -0.1) is 0 Å². The Bertz CT molecular complexity index is 1770. The number of phosphoric ester groups is 2. The van der Waals surface area contributed by atoms with Crippen LogP contribution in [0, 0.1) is 23.7 Å². The number of carbonyl (C=O) groups is 4. The summed E-state index contributed by atoms with van der Waals surface area (Å²) in [4.78, 5) is 72.5. The quantitative estimate of drug-likeness (QED) is 0.0222. The number of rotatable bonds is 67. The van der Waals surface area contributed by atoms with Gasteiger partial charge in [-0.2, -0.15) is 0 Å². The number of unbranched alkanes of at least 4 members (excludes halogenated alkanes) is 31. The van der Waals surface area contributed by atoms with E-state index in [-0.39, 0.29) is 25.7 Å². The molecule has 0 rings (SSSR count). The Morgan fingerprint density at radius 1 is 0.315 bits per heavy atom. The molecule has 0 saturated carbocycles. The fraction of sp³-hybridized carbons (Fsp3) is 0.943. The summed E-state index contributed by atoms with van der Waals surface area (Å²) in [5.74, 6) is 0.866. The summed E-state index contributed by atoms with van der Waals surface area (Å²) in [5.41, 5.74) is 0. The molecule has 528 valence electrons. The van der Waals surface area contributed by atoms with Gasteiger partial charge in [-0.1, -0.05) is 293 Å². The third kappa shape index (κ3) is 62.0. The normalized spacial score (nSPS) is 14.9. The number of hydrogen-bond acceptors (Lipinski definition) is 15. The van der Waals surface area contributed by atoms with Crippen LogP contribution >= 0.6 is 15.6 Å². The summed E-state index contributed by atoms with van der Waals surface area (Å²) in [7, 11) is -9.90. The van der Waals surface area contributed by atoms with Crippen molar-refractivity contribution in [1.29, 1.82) is 0 Å². The third-order valence-corrected chi connectivity index (χ3v) is 18.7. The van der Waals surface area contributed by atoms with E-state index in [9.17, 15) is 43.2 Å². The second kappa shape index (κ2) is 59.8. The van der Waals surface area contributed by atoms with Gasteiger partial charge in [0.15, 0.2) is 12.2 Å². The zero-order chi connectivity index (χ0) is 66.1. The first kappa shape index (κ1) is 87.1. The van der Waals surface area contributed by atoms with Crippen LogP contribution in [-0.4, -0.2) is 96.7 Å². The van der Waals surface area contributed by atoms with Crippen molar-refractivity contribution in [3.63, 3.8) is 0 Å². The molecule has 0 saturated heterocycles. The van der Waals surface area contributed by atoms with Gasteiger partial charge in [-0.05, 0) is 49.4 Å². The molecule has 0 amide bonds. The second-order valence-electron chi connectivity index (χ2n) is 26.7. The highest BCUT2D eigenvalue weighted by Crippen LogP contribution is 2.45. The summed E-state index contributed by atoms with van der Waals surface area (Å²) in [6.45, 7) is 14.1. The van der Waals surface area contributed by atoms with Gasteiger partial charge in [-0.25, -0.2) is 9.13 Å². The fourth-order valence-corrected chi connectivity index (χ4v) is 12.0. The van der Waals surface area contributed by atoms with Gasteiger partial charge in [-0.3, -0.25) is 37.3 Å². The zero-order valence-electron chi connectivity index (χ0n) is 58.1. The number of aliphatic hydroxyl groups is 1. The van der Waals surface area contributed by atoms with Crippen LogP contribution < -0.4 is 0 Å². The zero-order valence-corrected chi connectivity index (χ0v) is 59.8. The molecule has 0 aromatic heterocycles. The molecule has 0 radical (unpaired) electrons. The lowest BCUT2D eigenvalue weighted by Gasteiger charge is -2.21. The largest absolute Gasteiger partial charge is 0.472 e. The topological polar surface area (TPSA) is 237 Å². The molecule has 0 aliphatic heterocycles. The maximum Gasteiger partial charge on any atom is 0.472 e. The minimum atomic E-state index is -4.95. The standard InChI is InChI=1S/C70H136O17P2/c1-9-62(7)48-40-32-24-17-15-13-11-12-14-16-18-26-36-44-52-69(74)86-65(56-80-67(72)50-42-34-25-20-19-22-30-38-46-60(3)4)58-84-88(76,77)82-54-64(71)55-83-89(78,79)85-59-66(87-70(75)53-45-37-27-21-23-31-39-47-61(5)6)57-81-68(73)51-43-35-29-28-33-41-49-63(8)10-2/h60-66,71H,9-59H2,1-8H3,(H,76,77)(H,78,79)/t62?,63?,64-,65-,66-/m1/s1. The molecule has 89 heavy (non-hydrogen) atoms. The molecule has 3 N–H and O–H groups in total. The molecule has 7 atom stereocenters. The number of aliphatic hydroxyl groups excluding tert-OH is 1. The van der Waals surface area contributed by atoms with Crippen LogP contribution in [0.2, 0.25) is 0 Å². The van der Waals surface area contributed by atoms with E-state index in [4.69, 9.17) is 37.0 Å². The Kier molecular flexibility index (Phi) is 58.5. The average molecular weight is 1310 g/mol. The molecule has 4 unspecified atom stereocenters. The van der Waals surface area contributed by atoms with Gasteiger partial charge >= 0.3 is 39.5 Å². The van der Waals surface area contributed by atoms with Crippen LogP contribution in [0.1, 0.15) is 344 Å². The Labute approximate surface area is 543 Å². The third-order valence-electron chi connectivity index (χ3n) is 16.8. The summed E-state index contributed by atoms with van der Waals surface area (Å²) < 4.78 is 68.2. The lowest BCUT2D eigenvalue weighted by molar-refractivity contribution is -0.161. The minimum Gasteiger partial charge on any atom is -0.462 e. The Morgan fingerprint density at radius 2 is 0.539 bits per heavy atom. The number of hydrogen-bond donors (Lipinski definition) is 3. The lowest BCUT2D eigenvalue weighted by Crippen LogP contribution is -2.30. The average Bonchev–Trinajstić information content (AvgIpc) is 3.58. The van der Waals surface area contributed by atoms with E-state index in [0.717, 1.165) is 114 Å². The SMILES string of the molecule is CCC(C)CCCCCCCCCCCCCCCCC(=O)O[C@H](COC(=O)CCCCCCCCCCC(C)C)COP(=O)(O)OC[C@@H](O)COP(=O)(O)OC[C@@H](COC(=O)CCCCCCCCC(C)CC)OC(=O)CCCCCCCCCC(C)C. The molecule has 0 aliphatic carbocycles. The fourth-order valence-electron chi connectivity index (χ4n) is 10.4. The molecule has 0 aromatic rings. The molecular formula is C70H136O17P2. The number of phosphoric acid groups is 2. The first-order chi connectivity index (χ1) is 42.7. The number of ether oxygens (including phenoxy) is 4. The molecule has 0 spiro atoms. The second-order valence-corrected chi connectivity index (χ2v) is 29.6. The van der Waals surface area contributed by atoms with Crippen LogP contribution in [0.15, 0.2) is 0 Å². The van der Waals surface area contributed by atoms with Crippen molar-refractivity contribution in [3.05, 3.63) is 0 Å². The van der Waals surface area contributed by atoms with Gasteiger partial charge in [0.1, 0.15) is 19.3 Å². The Morgan fingerprint density at radius 3 is 0.798 bits per heavy atom. The highest BCUT2D eigenvalue weighted by Gasteiger charge is 2.30. The molecular weight excluding hydrogens is 1170 g/mol. The van der Waals surface area contributed by atoms with Crippen molar-refractivity contribution in [1.82, 2.24) is 0 Å². The summed E-state index contributed by atoms with van der Waals surface area (Å²) in [5, 5.41) is 10.6. The molecule has 0 bridgehead atoms. The van der Waals surface area contributed by atoms with Gasteiger partial charge in [0.2, 0.25) is 0 Å². The highest BCUT2D eigenvalue weighted by atomic mass is 31.2. The van der Waals surface area contributed by atoms with Crippen LogP contribution in [0.5, 0.6) is 0 Å². The van der Waals surface area contributed by atoms with Crippen molar-refractivity contribution < 1.29 is 80.2 Å². The molecule has 17 nitrogen and oxygen atoms in total. The number of esters is 4. The van der Waals surface area contributed by atoms with Crippen LogP contribution in [0.4, 0.5) is 0 Å². The van der Waals surface area contributed by atoms with Crippen LogP contribution in [0.3, 0.4) is 0 Å². The van der Waals surface area contributed by atoms with Crippen molar-refractivity contribution in [2.45, 2.75) is 363 Å². The van der Waals surface area contributed by atoms with Crippen LogP contribution in [-0.2, 0) is 65.4 Å². The van der Waals surface area contributed by atoms with E-state index in [1.807, 2.05) is 0 Å².